The second kappa shape index (κ2) is 6.22. The van der Waals surface area contributed by atoms with Gasteiger partial charge in [-0.15, -0.1) is 4.52 Å². The fourth-order valence-corrected chi connectivity index (χ4v) is 0.677. The zero-order valence-electron chi connectivity index (χ0n) is 6.11. The topological polar surface area (TPSA) is 75.7 Å². The van der Waals surface area contributed by atoms with Crippen LogP contribution in [0.2, 0.25) is 0 Å². The van der Waals surface area contributed by atoms with Gasteiger partial charge in [0, 0.05) is 0 Å². The van der Waals surface area contributed by atoms with Crippen molar-refractivity contribution in [2.45, 2.75) is 13.3 Å². The fourth-order valence-electron chi connectivity index (χ4n) is 0.437. The van der Waals surface area contributed by atoms with Crippen molar-refractivity contribution >= 4 is 14.2 Å². The Balaban J connectivity index is 3.24. The van der Waals surface area contributed by atoms with Crippen molar-refractivity contribution in [2.24, 2.45) is 0 Å². The van der Waals surface area contributed by atoms with Crippen molar-refractivity contribution in [3.05, 3.63) is 0 Å². The molecule has 1 atom stereocenters. The van der Waals surface area contributed by atoms with E-state index in [1.54, 1.807) is 6.92 Å². The van der Waals surface area contributed by atoms with E-state index in [0.717, 1.165) is 0 Å². The first-order chi connectivity index (χ1) is 5.16. The molecule has 0 aliphatic carbocycles. The molecule has 0 fully saturated rings. The highest BCUT2D eigenvalue weighted by atomic mass is 31.1. The minimum Gasteiger partial charge on any atom is -0.566 e. The summed E-state index contributed by atoms with van der Waals surface area (Å²) in [5.74, 6) is -0.454. The van der Waals surface area contributed by atoms with Crippen LogP contribution in [0.5, 0.6) is 0 Å². The summed E-state index contributed by atoms with van der Waals surface area (Å²) in [5.41, 5.74) is 0. The van der Waals surface area contributed by atoms with Crippen LogP contribution in [0.4, 0.5) is 0 Å². The molecular formula is C5H9O5P. The maximum absolute atomic E-state index is 10.5. The van der Waals surface area contributed by atoms with Gasteiger partial charge >= 0.3 is 14.2 Å². The molecule has 0 radical (unpaired) electrons. The van der Waals surface area contributed by atoms with Gasteiger partial charge in [0.25, 0.3) is 0 Å². The van der Waals surface area contributed by atoms with E-state index in [1.807, 2.05) is 0 Å². The van der Waals surface area contributed by atoms with Crippen LogP contribution in [-0.4, -0.2) is 19.2 Å². The molecule has 0 aliphatic heterocycles. The zero-order valence-corrected chi connectivity index (χ0v) is 7.00. The Morgan fingerprint density at radius 3 is 2.73 bits per heavy atom. The van der Waals surface area contributed by atoms with Gasteiger partial charge in [-0.05, 0) is 11.5 Å². The predicted molar refractivity (Wildman–Crippen MR) is 34.8 cm³/mol. The van der Waals surface area contributed by atoms with Crippen LogP contribution in [-0.2, 0) is 18.6 Å². The molecule has 5 nitrogen and oxygen atoms in total. The van der Waals surface area contributed by atoms with Crippen LogP contribution in [0.25, 0.3) is 0 Å². The number of carbonyl (C=O) groups excluding carboxylic acids is 1. The molecule has 0 bridgehead atoms. The van der Waals surface area contributed by atoms with Crippen molar-refractivity contribution in [1.82, 2.24) is 0 Å². The Kier molecular flexibility index (Phi) is 5.93. The maximum Gasteiger partial charge on any atom is 0.488 e. The molecule has 64 valence electrons. The molecule has 11 heavy (non-hydrogen) atoms. The van der Waals surface area contributed by atoms with E-state index in [-0.39, 0.29) is 13.0 Å². The van der Waals surface area contributed by atoms with Crippen LogP contribution in [0.3, 0.4) is 0 Å². The summed E-state index contributed by atoms with van der Waals surface area (Å²) in [4.78, 5) is 20.3. The lowest BCUT2D eigenvalue weighted by Crippen LogP contribution is -2.07. The Morgan fingerprint density at radius 2 is 2.27 bits per heavy atom. The van der Waals surface area contributed by atoms with Crippen molar-refractivity contribution in [3.63, 3.8) is 0 Å². The predicted octanol–water partition coefficient (Wildman–Crippen LogP) is -0.0261. The minimum atomic E-state index is -2.85. The minimum absolute atomic E-state index is 0.0306. The molecular weight excluding hydrogens is 171 g/mol. The molecule has 0 amide bonds. The van der Waals surface area contributed by atoms with Gasteiger partial charge in [-0.3, -0.25) is 4.79 Å². The summed E-state index contributed by atoms with van der Waals surface area (Å²) in [7, 11) is -2.85. The van der Waals surface area contributed by atoms with Crippen molar-refractivity contribution in [2.75, 3.05) is 13.2 Å². The van der Waals surface area contributed by atoms with Crippen molar-refractivity contribution in [1.29, 1.82) is 0 Å². The molecule has 0 saturated carbocycles. The van der Waals surface area contributed by atoms with Gasteiger partial charge in [-0.25, -0.2) is 0 Å². The van der Waals surface area contributed by atoms with Gasteiger partial charge in [0.15, 0.2) is 0 Å². The highest BCUT2D eigenvalue weighted by Crippen LogP contribution is 2.08. The second-order valence-electron chi connectivity index (χ2n) is 1.61. The lowest BCUT2D eigenvalue weighted by Gasteiger charge is -1.97. The third kappa shape index (κ3) is 7.39. The van der Waals surface area contributed by atoms with Crippen molar-refractivity contribution < 1.29 is 23.5 Å². The third-order valence-corrected chi connectivity index (χ3v) is 1.20. The first-order valence-electron chi connectivity index (χ1n) is 3.09. The molecule has 0 N–H and O–H groups in total. The van der Waals surface area contributed by atoms with Gasteiger partial charge in [0.2, 0.25) is 0 Å². The summed E-state index contributed by atoms with van der Waals surface area (Å²) in [6.45, 7) is 1.83. The Morgan fingerprint density at radius 1 is 1.64 bits per heavy atom. The molecule has 6 heteroatoms. The molecule has 0 aromatic carbocycles. The van der Waals surface area contributed by atoms with E-state index in [0.29, 0.717) is 6.61 Å². The smallest absolute Gasteiger partial charge is 0.488 e. The Labute approximate surface area is 65.3 Å². The average Bonchev–Trinajstić information content (AvgIpc) is 1.87. The lowest BCUT2D eigenvalue weighted by molar-refractivity contribution is -0.185. The Hall–Kier alpha value is -0.510. The van der Waals surface area contributed by atoms with Gasteiger partial charge < -0.3 is 9.63 Å². The van der Waals surface area contributed by atoms with E-state index in [9.17, 15) is 14.3 Å². The monoisotopic (exact) mass is 180 g/mol. The largest absolute Gasteiger partial charge is 0.566 e. The van der Waals surface area contributed by atoms with E-state index >= 15 is 0 Å². The third-order valence-electron chi connectivity index (χ3n) is 0.808. The molecule has 0 rings (SSSR count). The highest BCUT2D eigenvalue weighted by Gasteiger charge is 2.05. The van der Waals surface area contributed by atoms with Crippen LogP contribution in [0, 0.1) is 0 Å². The van der Waals surface area contributed by atoms with Crippen LogP contribution in [0.1, 0.15) is 13.3 Å². The zero-order chi connectivity index (χ0) is 8.69. The summed E-state index contributed by atoms with van der Waals surface area (Å²) >= 11 is 0. The van der Waals surface area contributed by atoms with E-state index in [1.165, 1.54) is 0 Å². The van der Waals surface area contributed by atoms with Crippen LogP contribution >= 0.6 is 8.25 Å². The summed E-state index contributed by atoms with van der Waals surface area (Å²) in [6.07, 6.45) is -0.0306. The summed E-state index contributed by atoms with van der Waals surface area (Å²) in [5, 5.41) is 0. The second-order valence-corrected chi connectivity index (χ2v) is 2.32. The highest BCUT2D eigenvalue weighted by molar-refractivity contribution is 7.30. The van der Waals surface area contributed by atoms with Crippen molar-refractivity contribution in [3.8, 4) is 0 Å². The first-order valence-corrected chi connectivity index (χ1v) is 4.19. The average molecular weight is 180 g/mol. The first kappa shape index (κ1) is 10.5. The standard InChI is InChI=1S/C5H9O5P/c1-2-9-5(6)3-4-10-11(7)8/h2-4H2,1H3. The van der Waals surface area contributed by atoms with Crippen LogP contribution < -0.4 is 4.89 Å². The fraction of sp³-hybridized carbons (Fsp3) is 0.800. The molecule has 0 saturated heterocycles. The number of rotatable bonds is 5. The molecule has 0 aromatic heterocycles. The van der Waals surface area contributed by atoms with Crippen LogP contribution in [0.15, 0.2) is 0 Å². The molecule has 0 spiro atoms. The van der Waals surface area contributed by atoms with Gasteiger partial charge in [-0.1, -0.05) is 0 Å². The summed E-state index contributed by atoms with van der Waals surface area (Å²) < 4.78 is 18.4. The molecule has 0 aromatic rings. The van der Waals surface area contributed by atoms with E-state index < -0.39 is 14.2 Å². The molecule has 0 aliphatic rings. The maximum atomic E-state index is 10.5. The van der Waals surface area contributed by atoms with E-state index in [4.69, 9.17) is 0 Å². The van der Waals surface area contributed by atoms with Gasteiger partial charge in [0.05, 0.1) is 13.0 Å². The number of hydrogen-bond donors (Lipinski definition) is 0. The van der Waals surface area contributed by atoms with Gasteiger partial charge in [-0.2, -0.15) is 0 Å². The van der Waals surface area contributed by atoms with Gasteiger partial charge in [0.1, 0.15) is 6.61 Å². The van der Waals surface area contributed by atoms with E-state index in [2.05, 4.69) is 9.26 Å². The summed E-state index contributed by atoms with van der Waals surface area (Å²) in [6, 6.07) is 0. The number of ether oxygens (including phenoxy) is 1. The normalized spacial score (nSPS) is 10.9. The number of hydrogen-bond acceptors (Lipinski definition) is 5. The number of carbonyl (C=O) groups is 1. The lowest BCUT2D eigenvalue weighted by atomic mass is 10.5. The molecule has 1 unspecified atom stereocenters. The number of esters is 1. The Bertz CT molecular complexity index is 146. The SMILES string of the molecule is CCOC(=O)CCO[P+](=O)[O-]. The quantitative estimate of drug-likeness (QED) is 0.438. The molecule has 0 heterocycles.